The normalized spacial score (nSPS) is 22.0. The topological polar surface area (TPSA) is 76.0 Å². The minimum absolute atomic E-state index is 0.0120. The number of halogens is 1. The first-order valence-electron chi connectivity index (χ1n) is 10.7. The van der Waals surface area contributed by atoms with Gasteiger partial charge in [-0.25, -0.2) is 12.8 Å². The lowest BCUT2D eigenvalue weighted by atomic mass is 10.1. The maximum atomic E-state index is 13.2. The summed E-state index contributed by atoms with van der Waals surface area (Å²) < 4.78 is 43.6. The highest BCUT2D eigenvalue weighted by Gasteiger charge is 2.49. The lowest BCUT2D eigenvalue weighted by Gasteiger charge is -2.24. The second-order valence-electron chi connectivity index (χ2n) is 8.17. The van der Waals surface area contributed by atoms with Crippen LogP contribution in [0, 0.1) is 5.82 Å². The zero-order valence-electron chi connectivity index (χ0n) is 18.0. The lowest BCUT2D eigenvalue weighted by Crippen LogP contribution is -2.37. The van der Waals surface area contributed by atoms with Crippen molar-refractivity contribution in [3.63, 3.8) is 0 Å². The van der Waals surface area contributed by atoms with Crippen LogP contribution >= 0.6 is 11.8 Å². The number of para-hydroxylation sites is 1. The molecule has 0 unspecified atom stereocenters. The van der Waals surface area contributed by atoms with E-state index >= 15 is 0 Å². The molecule has 0 N–H and O–H groups in total. The molecule has 9 heteroatoms. The Bertz CT molecular complexity index is 1330. The molecule has 0 radical (unpaired) electrons. The quantitative estimate of drug-likeness (QED) is 0.519. The summed E-state index contributed by atoms with van der Waals surface area (Å²) >= 11 is 1.32. The first-order valence-corrected chi connectivity index (χ1v) is 13.4. The lowest BCUT2D eigenvalue weighted by molar-refractivity contribution is -0.117. The van der Waals surface area contributed by atoms with Crippen LogP contribution in [0.15, 0.2) is 83.9 Å². The number of hydrogen-bond acceptors (Lipinski definition) is 5. The standard InChI is InChI=1S/C25H21FN2O4S2/c26-18-8-6-17(7-9-18)14-24(29)27-25-28(22-15-34(30,31)16-23(22)33-25)19-10-12-21(13-11-19)32-20-4-2-1-3-5-20/h1-13,22-23H,14-16H2/t22-,23-/m0/s1. The molecule has 2 saturated heterocycles. The molecule has 3 aromatic carbocycles. The molecule has 1 amide bonds. The highest BCUT2D eigenvalue weighted by molar-refractivity contribution is 8.16. The van der Waals surface area contributed by atoms with Gasteiger partial charge in [-0.15, -0.1) is 0 Å². The number of thioether (sulfide) groups is 1. The number of carbonyl (C=O) groups is 1. The minimum Gasteiger partial charge on any atom is -0.457 e. The number of rotatable bonds is 5. The highest BCUT2D eigenvalue weighted by atomic mass is 32.2. The molecule has 0 saturated carbocycles. The van der Waals surface area contributed by atoms with Gasteiger partial charge in [0, 0.05) is 10.9 Å². The van der Waals surface area contributed by atoms with Crippen LogP contribution in [0.3, 0.4) is 0 Å². The molecule has 174 valence electrons. The van der Waals surface area contributed by atoms with Crippen LogP contribution < -0.4 is 9.64 Å². The van der Waals surface area contributed by atoms with Crippen molar-refractivity contribution in [1.29, 1.82) is 0 Å². The van der Waals surface area contributed by atoms with Gasteiger partial charge in [0.25, 0.3) is 5.91 Å². The Balaban J connectivity index is 1.40. The number of anilines is 1. The first kappa shape index (κ1) is 22.6. The average molecular weight is 497 g/mol. The SMILES string of the molecule is O=C(Cc1ccc(F)cc1)N=C1S[C@H]2CS(=O)(=O)C[C@@H]2N1c1ccc(Oc2ccccc2)cc1. The fraction of sp³-hybridized carbons (Fsp3) is 0.200. The molecule has 0 bridgehead atoms. The molecule has 2 fully saturated rings. The molecular formula is C25H21FN2O4S2. The molecule has 0 aromatic heterocycles. The van der Waals surface area contributed by atoms with E-state index in [0.717, 1.165) is 5.69 Å². The molecule has 2 aliphatic heterocycles. The summed E-state index contributed by atoms with van der Waals surface area (Å²) in [6.07, 6.45) is 0.0374. The van der Waals surface area contributed by atoms with E-state index in [2.05, 4.69) is 4.99 Å². The zero-order valence-corrected chi connectivity index (χ0v) is 19.6. The van der Waals surface area contributed by atoms with Gasteiger partial charge in [-0.05, 0) is 54.1 Å². The molecule has 2 heterocycles. The molecular weight excluding hydrogens is 475 g/mol. The zero-order chi connectivity index (χ0) is 23.7. The van der Waals surface area contributed by atoms with E-state index in [1.165, 1.54) is 23.9 Å². The number of carbonyl (C=O) groups excluding carboxylic acids is 1. The third kappa shape index (κ3) is 5.00. The van der Waals surface area contributed by atoms with Crippen LogP contribution in [0.1, 0.15) is 5.56 Å². The molecule has 6 nitrogen and oxygen atoms in total. The second kappa shape index (κ2) is 9.23. The predicted molar refractivity (Wildman–Crippen MR) is 132 cm³/mol. The Hall–Kier alpha value is -3.17. The van der Waals surface area contributed by atoms with E-state index in [4.69, 9.17) is 4.74 Å². The Labute approximate surface area is 201 Å². The van der Waals surface area contributed by atoms with Crippen LogP contribution in [0.2, 0.25) is 0 Å². The van der Waals surface area contributed by atoms with Gasteiger partial charge in [-0.3, -0.25) is 4.79 Å². The van der Waals surface area contributed by atoms with Gasteiger partial charge in [0.2, 0.25) is 0 Å². The number of benzene rings is 3. The van der Waals surface area contributed by atoms with E-state index < -0.39 is 9.84 Å². The number of sulfone groups is 1. The largest absolute Gasteiger partial charge is 0.457 e. The first-order chi connectivity index (χ1) is 16.4. The number of nitrogens with zero attached hydrogens (tertiary/aromatic N) is 2. The van der Waals surface area contributed by atoms with Crippen molar-refractivity contribution in [3.05, 3.63) is 90.2 Å². The summed E-state index contributed by atoms with van der Waals surface area (Å²) in [7, 11) is -3.16. The van der Waals surface area contributed by atoms with Crippen LogP contribution in [0.25, 0.3) is 0 Å². The maximum absolute atomic E-state index is 13.2. The smallest absolute Gasteiger partial charge is 0.252 e. The van der Waals surface area contributed by atoms with Gasteiger partial charge >= 0.3 is 0 Å². The van der Waals surface area contributed by atoms with Crippen LogP contribution in [-0.2, 0) is 21.1 Å². The fourth-order valence-electron chi connectivity index (χ4n) is 4.09. The van der Waals surface area contributed by atoms with Crippen molar-refractivity contribution in [2.24, 2.45) is 4.99 Å². The van der Waals surface area contributed by atoms with Gasteiger partial charge in [0.15, 0.2) is 15.0 Å². The van der Waals surface area contributed by atoms with Crippen molar-refractivity contribution in [2.75, 3.05) is 16.4 Å². The summed E-state index contributed by atoms with van der Waals surface area (Å²) in [5.41, 5.74) is 1.40. The summed E-state index contributed by atoms with van der Waals surface area (Å²) in [6, 6.07) is 22.1. The number of aliphatic imine (C=N–C) groups is 1. The van der Waals surface area contributed by atoms with Crippen LogP contribution in [-0.4, -0.2) is 42.3 Å². The monoisotopic (exact) mass is 496 g/mol. The maximum Gasteiger partial charge on any atom is 0.252 e. The number of amidine groups is 1. The highest BCUT2D eigenvalue weighted by Crippen LogP contribution is 2.41. The van der Waals surface area contributed by atoms with Gasteiger partial charge in [-0.2, -0.15) is 4.99 Å². The van der Waals surface area contributed by atoms with Crippen molar-refractivity contribution < 1.29 is 22.3 Å². The van der Waals surface area contributed by atoms with Crippen LogP contribution in [0.5, 0.6) is 11.5 Å². The summed E-state index contributed by atoms with van der Waals surface area (Å²) in [6.45, 7) is 0. The third-order valence-corrected chi connectivity index (χ3v) is 8.86. The Kier molecular flexibility index (Phi) is 6.14. The Morgan fingerprint density at radius 3 is 2.35 bits per heavy atom. The minimum atomic E-state index is -3.16. The van der Waals surface area contributed by atoms with Gasteiger partial charge in [0.05, 0.1) is 24.0 Å². The summed E-state index contributed by atoms with van der Waals surface area (Å²) in [5, 5.41) is 0.288. The molecule has 5 rings (SSSR count). The van der Waals surface area contributed by atoms with Crippen molar-refractivity contribution in [3.8, 4) is 11.5 Å². The van der Waals surface area contributed by atoms with E-state index in [0.29, 0.717) is 22.2 Å². The van der Waals surface area contributed by atoms with E-state index in [-0.39, 0.29) is 40.9 Å². The van der Waals surface area contributed by atoms with Gasteiger partial charge in [-0.1, -0.05) is 42.1 Å². The Morgan fingerprint density at radius 2 is 1.65 bits per heavy atom. The number of hydrogen-bond donors (Lipinski definition) is 0. The molecule has 3 aromatic rings. The summed E-state index contributed by atoms with van der Waals surface area (Å²) in [5.74, 6) is 0.683. The average Bonchev–Trinajstić information content (AvgIpc) is 3.27. The molecule has 34 heavy (non-hydrogen) atoms. The number of ether oxygens (including phenoxy) is 1. The predicted octanol–water partition coefficient (Wildman–Crippen LogP) is 4.46. The molecule has 2 aliphatic rings. The molecule has 2 atom stereocenters. The number of fused-ring (bicyclic) bond motifs is 1. The molecule has 0 aliphatic carbocycles. The van der Waals surface area contributed by atoms with Gasteiger partial charge < -0.3 is 9.64 Å². The Morgan fingerprint density at radius 1 is 0.971 bits per heavy atom. The number of amides is 1. The molecule has 0 spiro atoms. The van der Waals surface area contributed by atoms with Crippen molar-refractivity contribution >= 4 is 38.4 Å². The summed E-state index contributed by atoms with van der Waals surface area (Å²) in [4.78, 5) is 18.8. The van der Waals surface area contributed by atoms with E-state index in [9.17, 15) is 17.6 Å². The van der Waals surface area contributed by atoms with Gasteiger partial charge in [0.1, 0.15) is 17.3 Å². The van der Waals surface area contributed by atoms with Crippen LogP contribution in [0.4, 0.5) is 10.1 Å². The fourth-order valence-corrected chi connectivity index (χ4v) is 8.02. The van der Waals surface area contributed by atoms with Crippen molar-refractivity contribution in [1.82, 2.24) is 0 Å². The van der Waals surface area contributed by atoms with Crippen molar-refractivity contribution in [2.45, 2.75) is 17.7 Å². The second-order valence-corrected chi connectivity index (χ2v) is 11.5. The van der Waals surface area contributed by atoms with E-state index in [1.807, 2.05) is 59.5 Å². The third-order valence-electron chi connectivity index (χ3n) is 5.65. The van der Waals surface area contributed by atoms with E-state index in [1.54, 1.807) is 12.1 Å².